The van der Waals surface area contributed by atoms with Crippen LogP contribution in [0.25, 0.3) is 22.6 Å². The van der Waals surface area contributed by atoms with Crippen molar-refractivity contribution >= 4 is 40.3 Å². The average Bonchev–Trinajstić information content (AvgIpc) is 3.19. The minimum atomic E-state index is -1.01. The Labute approximate surface area is 177 Å². The predicted molar refractivity (Wildman–Crippen MR) is 114 cm³/mol. The normalized spacial score (nSPS) is 11.8. The third-order valence-electron chi connectivity index (χ3n) is 4.44. The minimum absolute atomic E-state index is 0.259. The molecule has 1 aromatic heterocycles. The van der Waals surface area contributed by atoms with Crippen LogP contribution in [0.4, 0.5) is 5.69 Å². The summed E-state index contributed by atoms with van der Waals surface area (Å²) in [4.78, 5) is 29.6. The molecule has 0 saturated carbocycles. The molecule has 30 heavy (non-hydrogen) atoms. The van der Waals surface area contributed by atoms with Crippen molar-refractivity contribution in [2.75, 3.05) is 5.32 Å². The zero-order valence-corrected chi connectivity index (χ0v) is 16.7. The molecule has 1 amide bonds. The van der Waals surface area contributed by atoms with Crippen LogP contribution in [0.15, 0.2) is 77.2 Å². The fourth-order valence-electron chi connectivity index (χ4n) is 2.89. The number of carbonyl (C=O) groups excluding carboxylic acids is 2. The molecule has 0 radical (unpaired) electrons. The molecule has 1 heterocycles. The standard InChI is InChI=1S/C23H17ClN2O4/c1-14(21(27)25-16-12-10-15(24)11-13-16)29-23(28)18-7-3-2-6-17(18)22-26-19-8-4-5-9-20(19)30-22/h2-14H,1H3,(H,25,27). The molecule has 0 saturated heterocycles. The Hall–Kier alpha value is -3.64. The van der Waals surface area contributed by atoms with Crippen molar-refractivity contribution in [1.82, 2.24) is 4.98 Å². The smallest absolute Gasteiger partial charge is 0.339 e. The van der Waals surface area contributed by atoms with Gasteiger partial charge in [0.25, 0.3) is 5.91 Å². The quantitative estimate of drug-likeness (QED) is 0.441. The largest absolute Gasteiger partial charge is 0.449 e. The van der Waals surface area contributed by atoms with Gasteiger partial charge in [-0.25, -0.2) is 9.78 Å². The van der Waals surface area contributed by atoms with E-state index in [1.807, 2.05) is 18.2 Å². The predicted octanol–water partition coefficient (Wildman–Crippen LogP) is 5.33. The number of benzene rings is 3. The van der Waals surface area contributed by atoms with Crippen LogP contribution < -0.4 is 5.32 Å². The Balaban J connectivity index is 1.52. The van der Waals surface area contributed by atoms with Crippen LogP contribution in [0.5, 0.6) is 0 Å². The van der Waals surface area contributed by atoms with E-state index in [2.05, 4.69) is 10.3 Å². The number of nitrogens with one attached hydrogen (secondary N) is 1. The number of halogens is 1. The molecule has 6 nitrogen and oxygen atoms in total. The van der Waals surface area contributed by atoms with Crippen LogP contribution in [0.3, 0.4) is 0 Å². The van der Waals surface area contributed by atoms with Gasteiger partial charge >= 0.3 is 5.97 Å². The van der Waals surface area contributed by atoms with Crippen molar-refractivity contribution in [1.29, 1.82) is 0 Å². The Morgan fingerprint density at radius 1 is 1.00 bits per heavy atom. The first-order valence-electron chi connectivity index (χ1n) is 9.23. The lowest BCUT2D eigenvalue weighted by Crippen LogP contribution is -2.30. The summed E-state index contributed by atoms with van der Waals surface area (Å²) in [7, 11) is 0. The molecule has 4 rings (SSSR count). The maximum Gasteiger partial charge on any atom is 0.339 e. The Bertz CT molecular complexity index is 1180. The number of esters is 1. The highest BCUT2D eigenvalue weighted by molar-refractivity contribution is 6.30. The van der Waals surface area contributed by atoms with Gasteiger partial charge in [0.2, 0.25) is 5.89 Å². The van der Waals surface area contributed by atoms with E-state index in [0.717, 1.165) is 0 Å². The number of anilines is 1. The van der Waals surface area contributed by atoms with Crippen molar-refractivity contribution in [3.05, 3.63) is 83.4 Å². The lowest BCUT2D eigenvalue weighted by Gasteiger charge is -2.14. The molecule has 150 valence electrons. The first-order chi connectivity index (χ1) is 14.5. The molecule has 7 heteroatoms. The van der Waals surface area contributed by atoms with Crippen molar-refractivity contribution in [2.45, 2.75) is 13.0 Å². The van der Waals surface area contributed by atoms with Gasteiger partial charge in [-0.1, -0.05) is 35.9 Å². The van der Waals surface area contributed by atoms with Gasteiger partial charge in [0.1, 0.15) is 5.52 Å². The fraction of sp³-hybridized carbons (Fsp3) is 0.0870. The second kappa shape index (κ2) is 8.39. The summed E-state index contributed by atoms with van der Waals surface area (Å²) < 4.78 is 11.2. The third kappa shape index (κ3) is 4.18. The summed E-state index contributed by atoms with van der Waals surface area (Å²) in [6.45, 7) is 1.51. The molecule has 0 aliphatic heterocycles. The Morgan fingerprint density at radius 3 is 2.47 bits per heavy atom. The van der Waals surface area contributed by atoms with Gasteiger partial charge in [-0.15, -0.1) is 0 Å². The topological polar surface area (TPSA) is 81.4 Å². The zero-order chi connectivity index (χ0) is 21.1. The molecule has 1 N–H and O–H groups in total. The summed E-state index contributed by atoms with van der Waals surface area (Å²) in [6.07, 6.45) is -1.01. The van der Waals surface area contributed by atoms with Crippen LogP contribution in [0.1, 0.15) is 17.3 Å². The van der Waals surface area contributed by atoms with Crippen LogP contribution in [0, 0.1) is 0 Å². The SMILES string of the molecule is CC(OC(=O)c1ccccc1-c1nc2ccccc2o1)C(=O)Nc1ccc(Cl)cc1. The van der Waals surface area contributed by atoms with Crippen LogP contribution >= 0.6 is 11.6 Å². The van der Waals surface area contributed by atoms with E-state index in [1.54, 1.807) is 54.6 Å². The average molecular weight is 421 g/mol. The molecule has 0 aliphatic rings. The number of aromatic nitrogens is 1. The number of hydrogen-bond donors (Lipinski definition) is 1. The van der Waals surface area contributed by atoms with Gasteiger partial charge < -0.3 is 14.5 Å². The van der Waals surface area contributed by atoms with E-state index in [9.17, 15) is 9.59 Å². The molecular weight excluding hydrogens is 404 g/mol. The van der Waals surface area contributed by atoms with Gasteiger partial charge in [0.15, 0.2) is 11.7 Å². The molecule has 3 aromatic carbocycles. The first-order valence-corrected chi connectivity index (χ1v) is 9.61. The van der Waals surface area contributed by atoms with E-state index in [1.165, 1.54) is 6.92 Å². The molecule has 0 bridgehead atoms. The summed E-state index contributed by atoms with van der Waals surface area (Å²) in [5, 5.41) is 3.24. The molecule has 4 aromatic rings. The van der Waals surface area contributed by atoms with E-state index < -0.39 is 18.0 Å². The van der Waals surface area contributed by atoms with E-state index in [4.69, 9.17) is 20.8 Å². The molecular formula is C23H17ClN2O4. The number of para-hydroxylation sites is 2. The monoisotopic (exact) mass is 420 g/mol. The summed E-state index contributed by atoms with van der Waals surface area (Å²) in [5.74, 6) is -0.793. The Kier molecular flexibility index (Phi) is 5.50. The number of hydrogen-bond acceptors (Lipinski definition) is 5. The first kappa shape index (κ1) is 19.7. The molecule has 1 atom stereocenters. The Morgan fingerprint density at radius 2 is 1.70 bits per heavy atom. The second-order valence-electron chi connectivity index (χ2n) is 6.58. The van der Waals surface area contributed by atoms with Crippen molar-refractivity contribution < 1.29 is 18.7 Å². The highest BCUT2D eigenvalue weighted by Gasteiger charge is 2.23. The number of carbonyl (C=O) groups is 2. The zero-order valence-electron chi connectivity index (χ0n) is 16.0. The summed E-state index contributed by atoms with van der Waals surface area (Å²) in [6, 6.07) is 20.8. The maximum atomic E-state index is 12.8. The van der Waals surface area contributed by atoms with Crippen LogP contribution in [0.2, 0.25) is 5.02 Å². The fourth-order valence-corrected chi connectivity index (χ4v) is 3.02. The lowest BCUT2D eigenvalue weighted by molar-refractivity contribution is -0.123. The molecule has 0 spiro atoms. The number of ether oxygens (including phenoxy) is 1. The molecule has 0 aliphatic carbocycles. The van der Waals surface area contributed by atoms with E-state index >= 15 is 0 Å². The van der Waals surface area contributed by atoms with E-state index in [0.29, 0.717) is 33.3 Å². The van der Waals surface area contributed by atoms with Gasteiger partial charge in [0.05, 0.1) is 11.1 Å². The van der Waals surface area contributed by atoms with Crippen molar-refractivity contribution in [3.63, 3.8) is 0 Å². The third-order valence-corrected chi connectivity index (χ3v) is 4.69. The number of rotatable bonds is 5. The van der Waals surface area contributed by atoms with Crippen molar-refractivity contribution in [3.8, 4) is 11.5 Å². The second-order valence-corrected chi connectivity index (χ2v) is 7.01. The highest BCUT2D eigenvalue weighted by atomic mass is 35.5. The summed E-state index contributed by atoms with van der Waals surface area (Å²) >= 11 is 5.84. The number of oxazole rings is 1. The minimum Gasteiger partial charge on any atom is -0.449 e. The number of amides is 1. The van der Waals surface area contributed by atoms with Gasteiger partial charge in [-0.3, -0.25) is 4.79 Å². The van der Waals surface area contributed by atoms with E-state index in [-0.39, 0.29) is 5.56 Å². The highest BCUT2D eigenvalue weighted by Crippen LogP contribution is 2.27. The van der Waals surface area contributed by atoms with Gasteiger partial charge in [0, 0.05) is 10.7 Å². The molecule has 1 unspecified atom stereocenters. The summed E-state index contributed by atoms with van der Waals surface area (Å²) in [5.41, 5.74) is 2.61. The van der Waals surface area contributed by atoms with Crippen molar-refractivity contribution in [2.24, 2.45) is 0 Å². The maximum absolute atomic E-state index is 12.8. The van der Waals surface area contributed by atoms with Gasteiger partial charge in [-0.05, 0) is 55.5 Å². The van der Waals surface area contributed by atoms with Gasteiger partial charge in [-0.2, -0.15) is 0 Å². The van der Waals surface area contributed by atoms with Crippen LogP contribution in [-0.4, -0.2) is 23.0 Å². The lowest BCUT2D eigenvalue weighted by atomic mass is 10.1. The molecule has 0 fully saturated rings. The number of fused-ring (bicyclic) bond motifs is 1. The number of nitrogens with zero attached hydrogens (tertiary/aromatic N) is 1. The van der Waals surface area contributed by atoms with Crippen LogP contribution in [-0.2, 0) is 9.53 Å².